The number of nitrogens with two attached hydrogens (primary N) is 1. The van der Waals surface area contributed by atoms with Crippen LogP contribution >= 0.6 is 12.4 Å². The van der Waals surface area contributed by atoms with E-state index in [0.29, 0.717) is 0 Å². The third kappa shape index (κ3) is 6.62. The van der Waals surface area contributed by atoms with Crippen molar-refractivity contribution in [2.45, 2.75) is 51.8 Å². The van der Waals surface area contributed by atoms with E-state index >= 15 is 0 Å². The Balaban J connectivity index is 0.00000364. The number of carbonyl (C=O) groups is 2. The summed E-state index contributed by atoms with van der Waals surface area (Å²) in [4.78, 5) is 24.0. The molecule has 152 valence electrons. The standard InChI is InChI=1S/C18H25F2N3O3.ClH/c1-10(2)16(21)17(25)22-9-15(24)23-14-5-3-4-11-8-12(26-18(19)20)6-7-13(11)14;/h6-8,10,14,16,18H,3-5,9,21H2,1-2H3,(H,22,25)(H,23,24);1H/t14?,16-;/m0./s1. The molecule has 2 rings (SSSR count). The molecule has 27 heavy (non-hydrogen) atoms. The van der Waals surface area contributed by atoms with Gasteiger partial charge in [0.25, 0.3) is 0 Å². The van der Waals surface area contributed by atoms with Crippen molar-refractivity contribution in [2.24, 2.45) is 11.7 Å². The lowest BCUT2D eigenvalue weighted by atomic mass is 9.87. The van der Waals surface area contributed by atoms with Crippen LogP contribution in [-0.4, -0.2) is 31.0 Å². The number of hydrogen-bond acceptors (Lipinski definition) is 4. The van der Waals surface area contributed by atoms with Crippen LogP contribution in [0.2, 0.25) is 0 Å². The Morgan fingerprint density at radius 2 is 2.04 bits per heavy atom. The Morgan fingerprint density at radius 3 is 2.67 bits per heavy atom. The smallest absolute Gasteiger partial charge is 0.387 e. The van der Waals surface area contributed by atoms with Crippen LogP contribution in [0.3, 0.4) is 0 Å². The zero-order valence-corrected chi connectivity index (χ0v) is 16.2. The Labute approximate surface area is 163 Å². The highest BCUT2D eigenvalue weighted by Gasteiger charge is 2.23. The van der Waals surface area contributed by atoms with Gasteiger partial charge in [-0.3, -0.25) is 9.59 Å². The van der Waals surface area contributed by atoms with Crippen LogP contribution < -0.4 is 21.1 Å². The molecule has 0 aliphatic heterocycles. The minimum absolute atomic E-state index is 0. The highest BCUT2D eigenvalue weighted by Crippen LogP contribution is 2.32. The Kier molecular flexibility index (Phi) is 8.92. The minimum Gasteiger partial charge on any atom is -0.435 e. The molecule has 0 heterocycles. The van der Waals surface area contributed by atoms with Crippen LogP contribution in [0.1, 0.15) is 43.9 Å². The molecule has 0 saturated heterocycles. The summed E-state index contributed by atoms with van der Waals surface area (Å²) in [6, 6.07) is 3.88. The van der Waals surface area contributed by atoms with Gasteiger partial charge in [0.15, 0.2) is 0 Å². The molecule has 0 saturated carbocycles. The average molecular weight is 406 g/mol. The topological polar surface area (TPSA) is 93.5 Å². The number of hydrogen-bond donors (Lipinski definition) is 3. The molecule has 0 spiro atoms. The summed E-state index contributed by atoms with van der Waals surface area (Å²) in [5.41, 5.74) is 7.50. The van der Waals surface area contributed by atoms with E-state index in [2.05, 4.69) is 15.4 Å². The van der Waals surface area contributed by atoms with Gasteiger partial charge in [-0.05, 0) is 48.4 Å². The fourth-order valence-electron chi connectivity index (χ4n) is 2.95. The molecule has 6 nitrogen and oxygen atoms in total. The van der Waals surface area contributed by atoms with E-state index in [4.69, 9.17) is 5.73 Å². The van der Waals surface area contributed by atoms with Gasteiger partial charge in [-0.2, -0.15) is 8.78 Å². The van der Waals surface area contributed by atoms with Gasteiger partial charge >= 0.3 is 6.61 Å². The molecule has 1 aliphatic rings. The fraction of sp³-hybridized carbons (Fsp3) is 0.556. The molecular formula is C18H26ClF2N3O3. The Morgan fingerprint density at radius 1 is 1.33 bits per heavy atom. The number of carbonyl (C=O) groups excluding carboxylic acids is 2. The van der Waals surface area contributed by atoms with Gasteiger partial charge in [-0.25, -0.2) is 0 Å². The normalized spacial score (nSPS) is 16.9. The molecule has 0 bridgehead atoms. The molecule has 1 aromatic carbocycles. The van der Waals surface area contributed by atoms with E-state index in [-0.39, 0.29) is 48.5 Å². The maximum Gasteiger partial charge on any atom is 0.387 e. The van der Waals surface area contributed by atoms with Crippen LogP contribution in [0, 0.1) is 5.92 Å². The van der Waals surface area contributed by atoms with Gasteiger partial charge in [0.2, 0.25) is 11.8 Å². The first-order valence-corrected chi connectivity index (χ1v) is 8.68. The van der Waals surface area contributed by atoms with Gasteiger partial charge in [0.05, 0.1) is 18.6 Å². The molecule has 9 heteroatoms. The monoisotopic (exact) mass is 405 g/mol. The number of ether oxygens (including phenoxy) is 1. The number of nitrogens with one attached hydrogen (secondary N) is 2. The van der Waals surface area contributed by atoms with Crippen LogP contribution in [0.4, 0.5) is 8.78 Å². The number of aryl methyl sites for hydroxylation is 1. The molecule has 4 N–H and O–H groups in total. The second kappa shape index (κ2) is 10.4. The number of amides is 2. The summed E-state index contributed by atoms with van der Waals surface area (Å²) in [5, 5.41) is 5.40. The van der Waals surface area contributed by atoms with Crippen molar-refractivity contribution in [3.05, 3.63) is 29.3 Å². The average Bonchev–Trinajstić information content (AvgIpc) is 2.58. The third-order valence-electron chi connectivity index (χ3n) is 4.43. The fourth-order valence-corrected chi connectivity index (χ4v) is 2.95. The lowest BCUT2D eigenvalue weighted by Gasteiger charge is -2.27. The third-order valence-corrected chi connectivity index (χ3v) is 4.43. The van der Waals surface area contributed by atoms with Crippen LogP contribution in [0.5, 0.6) is 5.75 Å². The maximum atomic E-state index is 12.3. The van der Waals surface area contributed by atoms with Gasteiger partial charge in [0, 0.05) is 0 Å². The van der Waals surface area contributed by atoms with E-state index in [1.807, 2.05) is 13.8 Å². The predicted octanol–water partition coefficient (Wildman–Crippen LogP) is 2.30. The number of alkyl halides is 2. The van der Waals surface area contributed by atoms with Crippen LogP contribution in [-0.2, 0) is 16.0 Å². The molecule has 2 atom stereocenters. The molecule has 2 amide bonds. The summed E-state index contributed by atoms with van der Waals surface area (Å²) < 4.78 is 29.1. The summed E-state index contributed by atoms with van der Waals surface area (Å²) >= 11 is 0. The van der Waals surface area contributed by atoms with Crippen molar-refractivity contribution in [1.29, 1.82) is 0 Å². The number of fused-ring (bicyclic) bond motifs is 1. The van der Waals surface area contributed by atoms with Gasteiger partial charge in [-0.1, -0.05) is 19.9 Å². The second-order valence-electron chi connectivity index (χ2n) is 6.74. The quantitative estimate of drug-likeness (QED) is 0.649. The molecule has 1 unspecified atom stereocenters. The highest BCUT2D eigenvalue weighted by atomic mass is 35.5. The predicted molar refractivity (Wildman–Crippen MR) is 100.0 cm³/mol. The minimum atomic E-state index is -2.87. The SMILES string of the molecule is CC(C)[C@H](N)C(=O)NCC(=O)NC1CCCc2cc(OC(F)F)ccc21.Cl. The Bertz CT molecular complexity index is 659. The zero-order chi connectivity index (χ0) is 19.3. The van der Waals surface area contributed by atoms with Crippen molar-refractivity contribution in [1.82, 2.24) is 10.6 Å². The molecule has 1 aromatic rings. The number of benzene rings is 1. The first kappa shape index (κ1) is 23.1. The van der Waals surface area contributed by atoms with E-state index in [9.17, 15) is 18.4 Å². The summed E-state index contributed by atoms with van der Waals surface area (Å²) in [7, 11) is 0. The lowest BCUT2D eigenvalue weighted by Crippen LogP contribution is -2.47. The number of rotatable bonds is 7. The van der Waals surface area contributed by atoms with E-state index in [1.165, 1.54) is 6.07 Å². The largest absolute Gasteiger partial charge is 0.435 e. The summed E-state index contributed by atoms with van der Waals surface area (Å²) in [6.45, 7) is 0.635. The molecule has 1 aliphatic carbocycles. The van der Waals surface area contributed by atoms with Crippen molar-refractivity contribution < 1.29 is 23.1 Å². The van der Waals surface area contributed by atoms with E-state index < -0.39 is 12.7 Å². The maximum absolute atomic E-state index is 12.3. The van der Waals surface area contributed by atoms with Crippen LogP contribution in [0.15, 0.2) is 18.2 Å². The van der Waals surface area contributed by atoms with Crippen molar-refractivity contribution >= 4 is 24.2 Å². The lowest BCUT2D eigenvalue weighted by molar-refractivity contribution is -0.127. The van der Waals surface area contributed by atoms with E-state index in [0.717, 1.165) is 30.4 Å². The van der Waals surface area contributed by atoms with Gasteiger partial charge in [0.1, 0.15) is 5.75 Å². The summed E-state index contributed by atoms with van der Waals surface area (Å²) in [6.07, 6.45) is 2.30. The van der Waals surface area contributed by atoms with Gasteiger partial charge in [-0.15, -0.1) is 12.4 Å². The van der Waals surface area contributed by atoms with Crippen LogP contribution in [0.25, 0.3) is 0 Å². The summed E-state index contributed by atoms with van der Waals surface area (Å²) in [5.74, 6) is -0.596. The molecule has 0 radical (unpaired) electrons. The van der Waals surface area contributed by atoms with E-state index in [1.54, 1.807) is 12.1 Å². The first-order valence-electron chi connectivity index (χ1n) is 8.68. The van der Waals surface area contributed by atoms with Crippen molar-refractivity contribution in [3.8, 4) is 5.75 Å². The van der Waals surface area contributed by atoms with Crippen molar-refractivity contribution in [2.75, 3.05) is 6.54 Å². The second-order valence-corrected chi connectivity index (χ2v) is 6.74. The highest BCUT2D eigenvalue weighted by molar-refractivity contribution is 5.87. The Hall–Kier alpha value is -1.93. The first-order chi connectivity index (χ1) is 12.3. The molecule has 0 fully saturated rings. The van der Waals surface area contributed by atoms with Gasteiger partial charge < -0.3 is 21.1 Å². The molecule has 0 aromatic heterocycles. The zero-order valence-electron chi connectivity index (χ0n) is 15.3. The number of halogens is 3. The van der Waals surface area contributed by atoms with Crippen molar-refractivity contribution in [3.63, 3.8) is 0 Å². The molecular weight excluding hydrogens is 380 g/mol.